The van der Waals surface area contributed by atoms with Gasteiger partial charge in [0.15, 0.2) is 0 Å². The van der Waals surface area contributed by atoms with Crippen molar-refractivity contribution in [2.45, 2.75) is 36.3 Å². The maximum Gasteiger partial charge on any atom is 0.0707 e. The van der Waals surface area contributed by atoms with Crippen LogP contribution in [0.15, 0.2) is 0 Å². The molecule has 0 amide bonds. The van der Waals surface area contributed by atoms with Crippen molar-refractivity contribution >= 4 is 31.9 Å². The van der Waals surface area contributed by atoms with Gasteiger partial charge in [0.05, 0.1) is 12.2 Å². The molecule has 3 heteroatoms. The third-order valence-corrected chi connectivity index (χ3v) is 4.46. The molecule has 2 bridgehead atoms. The highest BCUT2D eigenvalue weighted by Crippen LogP contribution is 2.41. The molecule has 1 saturated heterocycles. The molecule has 2 rings (SSSR count). The molecule has 2 aliphatic rings. The summed E-state index contributed by atoms with van der Waals surface area (Å²) in [5.74, 6) is 0.827. The van der Waals surface area contributed by atoms with Crippen LogP contribution >= 0.6 is 31.9 Å². The highest BCUT2D eigenvalue weighted by Gasteiger charge is 2.41. The third kappa shape index (κ3) is 1.52. The van der Waals surface area contributed by atoms with Crippen molar-refractivity contribution in [1.29, 1.82) is 0 Å². The molecule has 0 spiro atoms. The van der Waals surface area contributed by atoms with E-state index in [0.29, 0.717) is 17.0 Å². The minimum absolute atomic E-state index is 0.488. The molecule has 1 aliphatic heterocycles. The van der Waals surface area contributed by atoms with Crippen LogP contribution in [0, 0.1) is 5.92 Å². The van der Waals surface area contributed by atoms with E-state index in [2.05, 4.69) is 31.9 Å². The maximum absolute atomic E-state index is 5.85. The van der Waals surface area contributed by atoms with Crippen LogP contribution in [-0.4, -0.2) is 22.4 Å². The molecule has 4 atom stereocenters. The number of hydrogen-bond donors (Lipinski definition) is 0. The molecule has 1 heterocycles. The molecule has 0 aromatic carbocycles. The molecule has 4 unspecified atom stereocenters. The molecule has 0 aromatic rings. The zero-order valence-corrected chi connectivity index (χ0v) is 9.47. The van der Waals surface area contributed by atoms with Gasteiger partial charge >= 0.3 is 0 Å². The summed E-state index contributed by atoms with van der Waals surface area (Å²) in [5.41, 5.74) is 0. The van der Waals surface area contributed by atoms with Crippen molar-refractivity contribution in [3.63, 3.8) is 0 Å². The van der Waals surface area contributed by atoms with E-state index in [1.54, 1.807) is 0 Å². The van der Waals surface area contributed by atoms with Gasteiger partial charge in [-0.3, -0.25) is 0 Å². The van der Waals surface area contributed by atoms with E-state index in [-0.39, 0.29) is 0 Å². The van der Waals surface area contributed by atoms with Crippen LogP contribution in [0.4, 0.5) is 0 Å². The van der Waals surface area contributed by atoms with Crippen molar-refractivity contribution in [2.24, 2.45) is 5.92 Å². The van der Waals surface area contributed by atoms with Gasteiger partial charge in [-0.25, -0.2) is 0 Å². The van der Waals surface area contributed by atoms with E-state index in [1.807, 2.05) is 0 Å². The molecule has 0 aromatic heterocycles. The first-order valence-electron chi connectivity index (χ1n) is 4.16. The standard InChI is InChI=1S/C8H12Br2O/c9-4-8-5-1-2-6(10)7(3-5)11-8/h5-8H,1-4H2. The number of hydrogen-bond acceptors (Lipinski definition) is 1. The predicted molar refractivity (Wildman–Crippen MR) is 52.5 cm³/mol. The summed E-state index contributed by atoms with van der Waals surface area (Å²) in [5, 5.41) is 1.01. The topological polar surface area (TPSA) is 9.23 Å². The van der Waals surface area contributed by atoms with Crippen LogP contribution in [0.1, 0.15) is 19.3 Å². The fourth-order valence-corrected chi connectivity index (χ4v) is 3.39. The first-order valence-corrected chi connectivity index (χ1v) is 6.20. The summed E-state index contributed by atoms with van der Waals surface area (Å²) < 4.78 is 5.85. The quantitative estimate of drug-likeness (QED) is 0.673. The Labute approximate surface area is 84.1 Å². The van der Waals surface area contributed by atoms with E-state index in [4.69, 9.17) is 4.74 Å². The van der Waals surface area contributed by atoms with Crippen LogP contribution in [0.5, 0.6) is 0 Å². The normalized spacial score (nSPS) is 49.6. The number of ether oxygens (including phenoxy) is 1. The fraction of sp³-hybridized carbons (Fsp3) is 1.00. The van der Waals surface area contributed by atoms with E-state index in [9.17, 15) is 0 Å². The largest absolute Gasteiger partial charge is 0.373 e. The van der Waals surface area contributed by atoms with Gasteiger partial charge in [0.1, 0.15) is 0 Å². The molecule has 64 valence electrons. The highest BCUT2D eigenvalue weighted by atomic mass is 79.9. The zero-order chi connectivity index (χ0) is 7.84. The van der Waals surface area contributed by atoms with Crippen molar-refractivity contribution in [2.75, 3.05) is 5.33 Å². The summed E-state index contributed by atoms with van der Waals surface area (Å²) >= 11 is 7.15. The van der Waals surface area contributed by atoms with Gasteiger partial charge in [-0.15, -0.1) is 0 Å². The molecule has 0 N–H and O–H groups in total. The lowest BCUT2D eigenvalue weighted by Crippen LogP contribution is -2.23. The van der Waals surface area contributed by atoms with E-state index in [1.165, 1.54) is 19.3 Å². The van der Waals surface area contributed by atoms with Crippen LogP contribution < -0.4 is 0 Å². The van der Waals surface area contributed by atoms with Crippen molar-refractivity contribution in [1.82, 2.24) is 0 Å². The second kappa shape index (κ2) is 3.35. The highest BCUT2D eigenvalue weighted by molar-refractivity contribution is 9.09. The maximum atomic E-state index is 5.85. The number of rotatable bonds is 1. The van der Waals surface area contributed by atoms with Gasteiger partial charge in [0.25, 0.3) is 0 Å². The smallest absolute Gasteiger partial charge is 0.0707 e. The molecule has 11 heavy (non-hydrogen) atoms. The second-order valence-electron chi connectivity index (χ2n) is 3.46. The SMILES string of the molecule is BrCC1OC2CC1CCC2Br. The van der Waals surface area contributed by atoms with Crippen molar-refractivity contribution in [3.8, 4) is 0 Å². The van der Waals surface area contributed by atoms with Gasteiger partial charge in [-0.05, 0) is 25.2 Å². The summed E-state index contributed by atoms with van der Waals surface area (Å²) in [6.45, 7) is 0. The van der Waals surface area contributed by atoms with Gasteiger partial charge in [-0.2, -0.15) is 0 Å². The Morgan fingerprint density at radius 2 is 2.18 bits per heavy atom. The average Bonchev–Trinajstić information content (AvgIpc) is 2.37. The Kier molecular flexibility index (Phi) is 2.59. The van der Waals surface area contributed by atoms with Crippen LogP contribution in [0.25, 0.3) is 0 Å². The van der Waals surface area contributed by atoms with Gasteiger partial charge in [-0.1, -0.05) is 31.9 Å². The van der Waals surface area contributed by atoms with E-state index < -0.39 is 0 Å². The molecule has 1 saturated carbocycles. The zero-order valence-electron chi connectivity index (χ0n) is 6.30. The fourth-order valence-electron chi connectivity index (χ4n) is 2.10. The summed E-state index contributed by atoms with van der Waals surface area (Å²) in [4.78, 5) is 0.614. The summed E-state index contributed by atoms with van der Waals surface area (Å²) in [6, 6.07) is 0. The lowest BCUT2D eigenvalue weighted by Gasteiger charge is -2.21. The monoisotopic (exact) mass is 282 g/mol. The molecule has 0 radical (unpaired) electrons. The molecular formula is C8H12Br2O. The van der Waals surface area contributed by atoms with Gasteiger partial charge in [0.2, 0.25) is 0 Å². The lowest BCUT2D eigenvalue weighted by atomic mass is 9.87. The minimum Gasteiger partial charge on any atom is -0.373 e. The Balaban J connectivity index is 2.03. The average molecular weight is 284 g/mol. The summed E-state index contributed by atoms with van der Waals surface area (Å²) in [6.07, 6.45) is 4.88. The van der Waals surface area contributed by atoms with E-state index in [0.717, 1.165) is 11.2 Å². The third-order valence-electron chi connectivity index (χ3n) is 2.78. The van der Waals surface area contributed by atoms with Crippen LogP contribution in [0.3, 0.4) is 0 Å². The van der Waals surface area contributed by atoms with Crippen molar-refractivity contribution in [3.05, 3.63) is 0 Å². The van der Waals surface area contributed by atoms with Crippen LogP contribution in [0.2, 0.25) is 0 Å². The predicted octanol–water partition coefficient (Wildman–Crippen LogP) is 2.71. The lowest BCUT2D eigenvalue weighted by molar-refractivity contribution is 0.0595. The Morgan fingerprint density at radius 3 is 2.82 bits per heavy atom. The number of halogens is 2. The Bertz CT molecular complexity index is 151. The van der Waals surface area contributed by atoms with Gasteiger partial charge < -0.3 is 4.74 Å². The Hall–Kier alpha value is 0.920. The minimum atomic E-state index is 0.488. The van der Waals surface area contributed by atoms with Crippen molar-refractivity contribution < 1.29 is 4.74 Å². The van der Waals surface area contributed by atoms with Crippen LogP contribution in [-0.2, 0) is 4.74 Å². The number of alkyl halides is 2. The summed E-state index contributed by atoms with van der Waals surface area (Å²) in [7, 11) is 0. The number of fused-ring (bicyclic) bond motifs is 2. The van der Waals surface area contributed by atoms with E-state index >= 15 is 0 Å². The molecule has 1 nitrogen and oxygen atoms in total. The first kappa shape index (κ1) is 8.52. The second-order valence-corrected chi connectivity index (χ2v) is 5.28. The van der Waals surface area contributed by atoms with Gasteiger partial charge in [0, 0.05) is 10.2 Å². The first-order chi connectivity index (χ1) is 5.31. The Morgan fingerprint density at radius 1 is 1.36 bits per heavy atom. The molecular weight excluding hydrogens is 272 g/mol. The molecule has 2 fully saturated rings. The molecule has 1 aliphatic carbocycles.